The number of para-hydroxylation sites is 1. The van der Waals surface area contributed by atoms with Crippen molar-refractivity contribution >= 4 is 23.2 Å². The number of amides is 1. The number of nitrogens with zero attached hydrogens (tertiary/aromatic N) is 2. The summed E-state index contributed by atoms with van der Waals surface area (Å²) < 4.78 is 0. The second-order valence-corrected chi connectivity index (χ2v) is 5.42. The van der Waals surface area contributed by atoms with Crippen molar-refractivity contribution in [3.63, 3.8) is 0 Å². The van der Waals surface area contributed by atoms with E-state index in [4.69, 9.17) is 11.6 Å². The van der Waals surface area contributed by atoms with Gasteiger partial charge in [-0.2, -0.15) is 0 Å². The van der Waals surface area contributed by atoms with Crippen LogP contribution in [0.4, 0.5) is 5.69 Å². The Hall–Kier alpha value is -2.07. The fourth-order valence-corrected chi connectivity index (χ4v) is 2.66. The molecule has 0 unspecified atom stereocenters. The van der Waals surface area contributed by atoms with E-state index in [1.54, 1.807) is 12.1 Å². The van der Waals surface area contributed by atoms with Gasteiger partial charge in [0.25, 0.3) is 5.91 Å². The minimum absolute atomic E-state index is 0.167. The molecule has 108 valence electrons. The monoisotopic (exact) mass is 301 g/mol. The Bertz CT molecular complexity index is 642. The smallest absolute Gasteiger partial charge is 0.269 e. The number of fused-ring (bicyclic) bond motifs is 1. The quantitative estimate of drug-likeness (QED) is 0.944. The van der Waals surface area contributed by atoms with Crippen LogP contribution in [0.1, 0.15) is 16.1 Å². The summed E-state index contributed by atoms with van der Waals surface area (Å²) in [5, 5.41) is 3.42. The number of halogens is 1. The number of aromatic nitrogens is 1. The van der Waals surface area contributed by atoms with E-state index >= 15 is 0 Å². The fourth-order valence-electron chi connectivity index (χ4n) is 2.54. The van der Waals surface area contributed by atoms with E-state index in [2.05, 4.69) is 33.4 Å². The number of pyridine rings is 1. The Morgan fingerprint density at radius 1 is 1.29 bits per heavy atom. The van der Waals surface area contributed by atoms with Crippen LogP contribution >= 0.6 is 11.6 Å². The van der Waals surface area contributed by atoms with Gasteiger partial charge in [-0.05, 0) is 30.2 Å². The molecule has 1 aromatic carbocycles. The predicted molar refractivity (Wildman–Crippen MR) is 83.9 cm³/mol. The van der Waals surface area contributed by atoms with E-state index in [9.17, 15) is 4.79 Å². The van der Waals surface area contributed by atoms with Gasteiger partial charge in [0.15, 0.2) is 0 Å². The van der Waals surface area contributed by atoms with Gasteiger partial charge >= 0.3 is 0 Å². The molecule has 0 fully saturated rings. The van der Waals surface area contributed by atoms with Gasteiger partial charge in [0.1, 0.15) is 5.69 Å². The Morgan fingerprint density at radius 3 is 2.95 bits per heavy atom. The highest BCUT2D eigenvalue weighted by Gasteiger charge is 2.17. The zero-order chi connectivity index (χ0) is 14.7. The van der Waals surface area contributed by atoms with Crippen LogP contribution in [-0.4, -0.2) is 30.5 Å². The van der Waals surface area contributed by atoms with E-state index in [0.717, 1.165) is 19.5 Å². The average Bonchev–Trinajstić information content (AvgIpc) is 2.91. The molecular weight excluding hydrogens is 286 g/mol. The second-order valence-electron chi connectivity index (χ2n) is 4.98. The minimum atomic E-state index is -0.167. The molecule has 1 N–H and O–H groups in total. The SMILES string of the molecule is O=C(NCCN1CCc2ccccc21)c1ccc(Cl)cn1. The topological polar surface area (TPSA) is 45.2 Å². The molecule has 21 heavy (non-hydrogen) atoms. The van der Waals surface area contributed by atoms with Gasteiger partial charge in [-0.3, -0.25) is 4.79 Å². The van der Waals surface area contributed by atoms with Crippen LogP contribution in [0.25, 0.3) is 0 Å². The molecule has 4 nitrogen and oxygen atoms in total. The van der Waals surface area contributed by atoms with Crippen molar-refractivity contribution in [1.82, 2.24) is 10.3 Å². The van der Waals surface area contributed by atoms with Crippen molar-refractivity contribution < 1.29 is 4.79 Å². The molecular formula is C16H16ClN3O. The van der Waals surface area contributed by atoms with Gasteiger partial charge in [0.05, 0.1) is 5.02 Å². The lowest BCUT2D eigenvalue weighted by molar-refractivity contribution is 0.0949. The summed E-state index contributed by atoms with van der Waals surface area (Å²) in [6, 6.07) is 11.7. The summed E-state index contributed by atoms with van der Waals surface area (Å²) in [4.78, 5) is 18.2. The number of benzene rings is 1. The third-order valence-corrected chi connectivity index (χ3v) is 3.83. The van der Waals surface area contributed by atoms with Crippen molar-refractivity contribution in [2.45, 2.75) is 6.42 Å². The summed E-state index contributed by atoms with van der Waals surface area (Å²) in [5.41, 5.74) is 3.04. The van der Waals surface area contributed by atoms with Crippen LogP contribution in [0.2, 0.25) is 5.02 Å². The molecule has 0 aliphatic carbocycles. The first-order chi connectivity index (χ1) is 10.2. The molecule has 0 saturated carbocycles. The maximum absolute atomic E-state index is 11.9. The van der Waals surface area contributed by atoms with Crippen LogP contribution in [-0.2, 0) is 6.42 Å². The molecule has 0 radical (unpaired) electrons. The van der Waals surface area contributed by atoms with Gasteiger partial charge < -0.3 is 10.2 Å². The van der Waals surface area contributed by atoms with Crippen molar-refractivity contribution in [3.8, 4) is 0 Å². The van der Waals surface area contributed by atoms with Crippen LogP contribution in [0, 0.1) is 0 Å². The highest BCUT2D eigenvalue weighted by atomic mass is 35.5. The molecule has 0 atom stereocenters. The van der Waals surface area contributed by atoms with Crippen LogP contribution in [0.3, 0.4) is 0 Å². The molecule has 3 rings (SSSR count). The van der Waals surface area contributed by atoms with E-state index in [1.165, 1.54) is 17.4 Å². The summed E-state index contributed by atoms with van der Waals surface area (Å²) in [6.07, 6.45) is 2.55. The first kappa shape index (κ1) is 13.9. The molecule has 0 bridgehead atoms. The summed E-state index contributed by atoms with van der Waals surface area (Å²) >= 11 is 5.75. The molecule has 1 aliphatic rings. The maximum atomic E-state index is 11.9. The highest BCUT2D eigenvalue weighted by molar-refractivity contribution is 6.30. The predicted octanol–water partition coefficient (Wildman–Crippen LogP) is 2.53. The van der Waals surface area contributed by atoms with E-state index in [-0.39, 0.29) is 5.91 Å². The van der Waals surface area contributed by atoms with Crippen LogP contribution in [0.5, 0.6) is 0 Å². The first-order valence-electron chi connectivity index (χ1n) is 6.96. The van der Waals surface area contributed by atoms with Gasteiger partial charge in [0.2, 0.25) is 0 Å². The van der Waals surface area contributed by atoms with E-state index in [1.807, 2.05) is 6.07 Å². The summed E-state index contributed by atoms with van der Waals surface area (Å²) in [5.74, 6) is -0.167. The molecule has 0 spiro atoms. The lowest BCUT2D eigenvalue weighted by atomic mass is 10.2. The zero-order valence-corrected chi connectivity index (χ0v) is 12.3. The zero-order valence-electron chi connectivity index (χ0n) is 11.6. The number of carbonyl (C=O) groups is 1. The molecule has 1 aromatic heterocycles. The van der Waals surface area contributed by atoms with Gasteiger partial charge in [-0.25, -0.2) is 4.98 Å². The average molecular weight is 302 g/mol. The molecule has 2 heterocycles. The van der Waals surface area contributed by atoms with Crippen molar-refractivity contribution in [1.29, 1.82) is 0 Å². The molecule has 2 aromatic rings. The molecule has 5 heteroatoms. The maximum Gasteiger partial charge on any atom is 0.269 e. The van der Waals surface area contributed by atoms with Crippen LogP contribution < -0.4 is 10.2 Å². The molecule has 1 aliphatic heterocycles. The number of hydrogen-bond acceptors (Lipinski definition) is 3. The lowest BCUT2D eigenvalue weighted by Gasteiger charge is -2.19. The number of carbonyl (C=O) groups excluding carboxylic acids is 1. The van der Waals surface area contributed by atoms with Crippen LogP contribution in [0.15, 0.2) is 42.6 Å². The third kappa shape index (κ3) is 3.16. The summed E-state index contributed by atoms with van der Waals surface area (Å²) in [6.45, 7) is 2.40. The standard InChI is InChI=1S/C16H16ClN3O/c17-13-5-6-14(19-11-13)16(21)18-8-10-20-9-7-12-3-1-2-4-15(12)20/h1-6,11H,7-10H2,(H,18,21). The second kappa shape index (κ2) is 6.14. The number of anilines is 1. The fraction of sp³-hybridized carbons (Fsp3) is 0.250. The largest absolute Gasteiger partial charge is 0.369 e. The van der Waals surface area contributed by atoms with Crippen molar-refractivity contribution in [2.75, 3.05) is 24.5 Å². The lowest BCUT2D eigenvalue weighted by Crippen LogP contribution is -2.34. The Morgan fingerprint density at radius 2 is 2.14 bits per heavy atom. The van der Waals surface area contributed by atoms with Gasteiger partial charge in [-0.1, -0.05) is 29.8 Å². The van der Waals surface area contributed by atoms with E-state index < -0.39 is 0 Å². The van der Waals surface area contributed by atoms with Crippen molar-refractivity contribution in [2.24, 2.45) is 0 Å². The van der Waals surface area contributed by atoms with Crippen molar-refractivity contribution in [3.05, 3.63) is 58.9 Å². The number of rotatable bonds is 4. The first-order valence-corrected chi connectivity index (χ1v) is 7.34. The Kier molecular flexibility index (Phi) is 4.06. The Balaban J connectivity index is 1.53. The minimum Gasteiger partial charge on any atom is -0.369 e. The molecule has 1 amide bonds. The van der Waals surface area contributed by atoms with Gasteiger partial charge in [-0.15, -0.1) is 0 Å². The van der Waals surface area contributed by atoms with E-state index in [0.29, 0.717) is 17.3 Å². The number of hydrogen-bond donors (Lipinski definition) is 1. The van der Waals surface area contributed by atoms with Gasteiger partial charge in [0, 0.05) is 31.5 Å². The number of nitrogens with one attached hydrogen (secondary N) is 1. The third-order valence-electron chi connectivity index (χ3n) is 3.61. The summed E-state index contributed by atoms with van der Waals surface area (Å²) in [7, 11) is 0. The Labute approximate surface area is 128 Å². The normalized spacial score (nSPS) is 13.1. The highest BCUT2D eigenvalue weighted by Crippen LogP contribution is 2.26. The molecule has 0 saturated heterocycles.